The Kier molecular flexibility index (Phi) is 3.26. The van der Waals surface area contributed by atoms with Crippen LogP contribution in [0.25, 0.3) is 0 Å². The van der Waals surface area contributed by atoms with Crippen molar-refractivity contribution in [3.05, 3.63) is 12.2 Å². The quantitative estimate of drug-likeness (QED) is 0.521. The van der Waals surface area contributed by atoms with Crippen molar-refractivity contribution >= 4 is 17.7 Å². The van der Waals surface area contributed by atoms with E-state index in [1.54, 1.807) is 6.08 Å². The maximum atomic E-state index is 11.8. The zero-order valence-electron chi connectivity index (χ0n) is 9.55. The number of rotatable bonds is 2. The summed E-state index contributed by atoms with van der Waals surface area (Å²) in [6.07, 6.45) is 4.27. The molecule has 5 nitrogen and oxygen atoms in total. The van der Waals surface area contributed by atoms with Crippen molar-refractivity contribution in [1.82, 2.24) is 0 Å². The first-order valence-electron chi connectivity index (χ1n) is 5.63. The molecule has 17 heavy (non-hydrogen) atoms. The number of carbonyl (C=O) groups excluding carboxylic acids is 3. The predicted octanol–water partition coefficient (Wildman–Crippen LogP) is 0.626. The summed E-state index contributed by atoms with van der Waals surface area (Å²) in [5, 5.41) is 0. The molecule has 3 atom stereocenters. The maximum absolute atomic E-state index is 11.8. The van der Waals surface area contributed by atoms with Gasteiger partial charge in [-0.05, 0) is 18.9 Å². The number of carbonyl (C=O) groups is 3. The van der Waals surface area contributed by atoms with E-state index in [1.165, 1.54) is 13.2 Å². The van der Waals surface area contributed by atoms with E-state index >= 15 is 0 Å². The van der Waals surface area contributed by atoms with E-state index < -0.39 is 24.0 Å². The summed E-state index contributed by atoms with van der Waals surface area (Å²) >= 11 is 0. The van der Waals surface area contributed by atoms with Gasteiger partial charge < -0.3 is 9.47 Å². The monoisotopic (exact) mass is 238 g/mol. The number of Topliss-reactive ketones (excluding diaryl/α,β-unsaturated/α-hetero) is 1. The first kappa shape index (κ1) is 11.8. The van der Waals surface area contributed by atoms with Gasteiger partial charge in [0.05, 0.1) is 7.11 Å². The average Bonchev–Trinajstić information content (AvgIpc) is 2.74. The van der Waals surface area contributed by atoms with Crippen molar-refractivity contribution in [3.63, 3.8) is 0 Å². The molecule has 0 amide bonds. The van der Waals surface area contributed by atoms with Gasteiger partial charge in [-0.1, -0.05) is 0 Å². The van der Waals surface area contributed by atoms with E-state index in [4.69, 9.17) is 4.74 Å². The minimum Gasteiger partial charge on any atom is -0.468 e. The highest BCUT2D eigenvalue weighted by molar-refractivity contribution is 6.00. The molecule has 0 saturated heterocycles. The minimum absolute atomic E-state index is 0.121. The standard InChI is InChI=1S/C12H14O5/c1-16-12(15)11-7(3-2-4-8(11)13)9-5-6-10(14)17-9/h5-7,9,11H,2-4H2,1H3/t7-,9?,11?/m1/s1. The second kappa shape index (κ2) is 4.69. The van der Waals surface area contributed by atoms with Crippen LogP contribution in [0.15, 0.2) is 12.2 Å². The van der Waals surface area contributed by atoms with Crippen molar-refractivity contribution in [2.45, 2.75) is 25.4 Å². The summed E-state index contributed by atoms with van der Waals surface area (Å²) in [6.45, 7) is 0. The zero-order chi connectivity index (χ0) is 12.4. The molecular formula is C12H14O5. The number of hydrogen-bond donors (Lipinski definition) is 0. The molecule has 2 rings (SSSR count). The number of ketones is 1. The molecule has 1 saturated carbocycles. The van der Waals surface area contributed by atoms with Crippen LogP contribution in [0.3, 0.4) is 0 Å². The van der Waals surface area contributed by atoms with Gasteiger partial charge in [0.25, 0.3) is 0 Å². The minimum atomic E-state index is -0.797. The van der Waals surface area contributed by atoms with Crippen molar-refractivity contribution in [1.29, 1.82) is 0 Å². The highest BCUT2D eigenvalue weighted by Gasteiger charge is 2.43. The molecule has 2 aliphatic rings. The van der Waals surface area contributed by atoms with Crippen molar-refractivity contribution in [2.24, 2.45) is 11.8 Å². The van der Waals surface area contributed by atoms with Gasteiger partial charge in [-0.2, -0.15) is 0 Å². The summed E-state index contributed by atoms with van der Waals surface area (Å²) in [7, 11) is 1.26. The van der Waals surface area contributed by atoms with E-state index in [0.29, 0.717) is 12.8 Å². The van der Waals surface area contributed by atoms with Gasteiger partial charge >= 0.3 is 11.9 Å². The summed E-state index contributed by atoms with van der Waals surface area (Å²) in [5.74, 6) is -2.15. The lowest BCUT2D eigenvalue weighted by atomic mass is 9.75. The average molecular weight is 238 g/mol. The van der Waals surface area contributed by atoms with Crippen LogP contribution in [0.5, 0.6) is 0 Å². The van der Waals surface area contributed by atoms with Crippen LogP contribution in [0.4, 0.5) is 0 Å². The Balaban J connectivity index is 2.18. The van der Waals surface area contributed by atoms with E-state index in [9.17, 15) is 14.4 Å². The third-order valence-electron chi connectivity index (χ3n) is 3.29. The van der Waals surface area contributed by atoms with Crippen molar-refractivity contribution in [2.75, 3.05) is 7.11 Å². The van der Waals surface area contributed by atoms with Crippen LogP contribution < -0.4 is 0 Å². The van der Waals surface area contributed by atoms with Crippen LogP contribution in [-0.2, 0) is 23.9 Å². The summed E-state index contributed by atoms with van der Waals surface area (Å²) in [5.41, 5.74) is 0. The third kappa shape index (κ3) is 2.23. The lowest BCUT2D eigenvalue weighted by Crippen LogP contribution is -2.41. The Bertz CT molecular complexity index is 376. The third-order valence-corrected chi connectivity index (χ3v) is 3.29. The fraction of sp³-hybridized carbons (Fsp3) is 0.583. The highest BCUT2D eigenvalue weighted by atomic mass is 16.5. The maximum Gasteiger partial charge on any atom is 0.331 e. The smallest absolute Gasteiger partial charge is 0.331 e. The van der Waals surface area contributed by atoms with Crippen LogP contribution in [0.2, 0.25) is 0 Å². The first-order chi connectivity index (χ1) is 8.13. The van der Waals surface area contributed by atoms with Crippen LogP contribution >= 0.6 is 0 Å². The van der Waals surface area contributed by atoms with Crippen molar-refractivity contribution < 1.29 is 23.9 Å². The van der Waals surface area contributed by atoms with E-state index in [-0.39, 0.29) is 11.7 Å². The fourth-order valence-corrected chi connectivity index (χ4v) is 2.48. The lowest BCUT2D eigenvalue weighted by molar-refractivity contribution is -0.158. The largest absolute Gasteiger partial charge is 0.468 e. The van der Waals surface area contributed by atoms with Gasteiger partial charge in [0.1, 0.15) is 17.8 Å². The van der Waals surface area contributed by atoms with Gasteiger partial charge in [0, 0.05) is 18.4 Å². The molecule has 0 aromatic heterocycles. The number of cyclic esters (lactones) is 1. The van der Waals surface area contributed by atoms with Crippen molar-refractivity contribution in [3.8, 4) is 0 Å². The molecule has 5 heteroatoms. The Morgan fingerprint density at radius 2 is 2.24 bits per heavy atom. The topological polar surface area (TPSA) is 69.7 Å². The molecule has 0 radical (unpaired) electrons. The van der Waals surface area contributed by atoms with Gasteiger partial charge in [-0.3, -0.25) is 9.59 Å². The SMILES string of the molecule is COC(=O)C1C(=O)CCC[C@@H]1C1C=CC(=O)O1. The molecule has 0 aromatic rings. The number of methoxy groups -OCH3 is 1. The highest BCUT2D eigenvalue weighted by Crippen LogP contribution is 2.34. The van der Waals surface area contributed by atoms with E-state index in [1.807, 2.05) is 0 Å². The van der Waals surface area contributed by atoms with E-state index in [0.717, 1.165) is 6.42 Å². The molecule has 1 aliphatic heterocycles. The molecule has 2 unspecified atom stereocenters. The molecule has 0 bridgehead atoms. The number of hydrogen-bond acceptors (Lipinski definition) is 5. The molecule has 0 aromatic carbocycles. The molecule has 0 spiro atoms. The predicted molar refractivity (Wildman–Crippen MR) is 56.9 cm³/mol. The van der Waals surface area contributed by atoms with Crippen LogP contribution in [-0.4, -0.2) is 30.9 Å². The van der Waals surface area contributed by atoms with Gasteiger partial charge in [0.15, 0.2) is 0 Å². The number of ether oxygens (including phenoxy) is 2. The molecule has 92 valence electrons. The van der Waals surface area contributed by atoms with Gasteiger partial charge in [-0.15, -0.1) is 0 Å². The lowest BCUT2D eigenvalue weighted by Gasteiger charge is -2.31. The number of esters is 2. The summed E-state index contributed by atoms with van der Waals surface area (Å²) in [6, 6.07) is 0. The summed E-state index contributed by atoms with van der Waals surface area (Å²) in [4.78, 5) is 34.4. The summed E-state index contributed by atoms with van der Waals surface area (Å²) < 4.78 is 9.72. The zero-order valence-corrected chi connectivity index (χ0v) is 9.55. The molecule has 1 aliphatic carbocycles. The second-order valence-corrected chi connectivity index (χ2v) is 4.28. The van der Waals surface area contributed by atoms with E-state index in [2.05, 4.69) is 4.74 Å². The molecule has 1 heterocycles. The molecule has 1 fully saturated rings. The Morgan fingerprint density at radius 3 is 2.82 bits per heavy atom. The second-order valence-electron chi connectivity index (χ2n) is 4.28. The Hall–Kier alpha value is -1.65. The Labute approximate surface area is 98.8 Å². The normalized spacial score (nSPS) is 32.4. The van der Waals surface area contributed by atoms with Gasteiger partial charge in [0.2, 0.25) is 0 Å². The first-order valence-corrected chi connectivity index (χ1v) is 5.63. The van der Waals surface area contributed by atoms with Gasteiger partial charge in [-0.25, -0.2) is 4.79 Å². The molecular weight excluding hydrogens is 224 g/mol. The van der Waals surface area contributed by atoms with Crippen LogP contribution in [0, 0.1) is 11.8 Å². The molecule has 0 N–H and O–H groups in total. The Morgan fingerprint density at radius 1 is 1.47 bits per heavy atom. The van der Waals surface area contributed by atoms with Crippen LogP contribution in [0.1, 0.15) is 19.3 Å². The fourth-order valence-electron chi connectivity index (χ4n) is 2.48.